The monoisotopic (exact) mass is 356 g/mol. The molecule has 1 heterocycles. The number of pyridine rings is 1. The van der Waals surface area contributed by atoms with Gasteiger partial charge < -0.3 is 9.84 Å². The lowest BCUT2D eigenvalue weighted by molar-refractivity contribution is -0.385. The number of nitro benzene ring substituents is 1. The van der Waals surface area contributed by atoms with Crippen molar-refractivity contribution in [3.8, 4) is 11.6 Å². The molecule has 0 atom stereocenters. The average Bonchev–Trinajstić information content (AvgIpc) is 2.41. The number of rotatable bonds is 4. The fourth-order valence-corrected chi connectivity index (χ4v) is 1.80. The number of halogens is 2. The van der Waals surface area contributed by atoms with Crippen molar-refractivity contribution >= 4 is 27.6 Å². The Balaban J connectivity index is 2.39. The van der Waals surface area contributed by atoms with Gasteiger partial charge in [-0.25, -0.2) is 14.2 Å². The smallest absolute Gasteiger partial charge is 0.342 e. The van der Waals surface area contributed by atoms with Gasteiger partial charge in [0, 0.05) is 22.8 Å². The second-order valence-electron chi connectivity index (χ2n) is 3.78. The standard InChI is InChI=1S/C12H6BrFN2O5/c13-6-3-9(14)11(15-5-6)21-7-1-2-10(16(19)20)8(4-7)12(17)18/h1-5H,(H,17,18). The summed E-state index contributed by atoms with van der Waals surface area (Å²) in [6.45, 7) is 0. The zero-order valence-corrected chi connectivity index (χ0v) is 11.7. The molecule has 0 bridgehead atoms. The Morgan fingerprint density at radius 1 is 1.43 bits per heavy atom. The van der Waals surface area contributed by atoms with E-state index < -0.39 is 28.0 Å². The van der Waals surface area contributed by atoms with Crippen LogP contribution in [-0.4, -0.2) is 21.0 Å². The molecule has 1 aromatic heterocycles. The summed E-state index contributed by atoms with van der Waals surface area (Å²) in [5.41, 5.74) is -1.14. The second-order valence-corrected chi connectivity index (χ2v) is 4.70. The molecule has 0 spiro atoms. The molecule has 0 fully saturated rings. The van der Waals surface area contributed by atoms with Crippen LogP contribution >= 0.6 is 15.9 Å². The van der Waals surface area contributed by atoms with Gasteiger partial charge in [-0.2, -0.15) is 0 Å². The van der Waals surface area contributed by atoms with E-state index in [1.807, 2.05) is 0 Å². The largest absolute Gasteiger partial charge is 0.477 e. The van der Waals surface area contributed by atoms with Gasteiger partial charge in [0.25, 0.3) is 11.6 Å². The lowest BCUT2D eigenvalue weighted by Gasteiger charge is -2.07. The van der Waals surface area contributed by atoms with E-state index in [2.05, 4.69) is 20.9 Å². The molecule has 0 saturated heterocycles. The number of ether oxygens (including phenoxy) is 1. The lowest BCUT2D eigenvalue weighted by atomic mass is 10.1. The van der Waals surface area contributed by atoms with Gasteiger partial charge in [-0.15, -0.1) is 0 Å². The van der Waals surface area contributed by atoms with Gasteiger partial charge in [0.2, 0.25) is 0 Å². The molecule has 2 rings (SSSR count). The number of aromatic nitrogens is 1. The number of hydrogen-bond acceptors (Lipinski definition) is 5. The van der Waals surface area contributed by atoms with Crippen LogP contribution in [0.4, 0.5) is 10.1 Å². The fourth-order valence-electron chi connectivity index (χ4n) is 1.50. The molecule has 1 N–H and O–H groups in total. The molecule has 0 unspecified atom stereocenters. The number of hydrogen-bond donors (Lipinski definition) is 1. The summed E-state index contributed by atoms with van der Waals surface area (Å²) < 4.78 is 19.1. The van der Waals surface area contributed by atoms with Gasteiger partial charge in [-0.3, -0.25) is 10.1 Å². The van der Waals surface area contributed by atoms with Gasteiger partial charge in [0.15, 0.2) is 5.82 Å². The molecule has 0 aliphatic carbocycles. The van der Waals surface area contributed by atoms with Gasteiger partial charge in [-0.05, 0) is 28.1 Å². The van der Waals surface area contributed by atoms with Gasteiger partial charge >= 0.3 is 5.97 Å². The van der Waals surface area contributed by atoms with Gasteiger partial charge in [0.05, 0.1) is 4.92 Å². The summed E-state index contributed by atoms with van der Waals surface area (Å²) in [5, 5.41) is 19.7. The van der Waals surface area contributed by atoms with E-state index in [4.69, 9.17) is 9.84 Å². The summed E-state index contributed by atoms with van der Waals surface area (Å²) in [5.74, 6) is -2.70. The Morgan fingerprint density at radius 2 is 2.14 bits per heavy atom. The topological polar surface area (TPSA) is 103 Å². The maximum Gasteiger partial charge on any atom is 0.342 e. The molecule has 0 amide bonds. The minimum Gasteiger partial charge on any atom is -0.477 e. The molecule has 2 aromatic rings. The molecule has 9 heteroatoms. The predicted octanol–water partition coefficient (Wildman–Crippen LogP) is 3.38. The van der Waals surface area contributed by atoms with Crippen molar-refractivity contribution in [3.05, 3.63) is 56.4 Å². The first kappa shape index (κ1) is 14.9. The van der Waals surface area contributed by atoms with E-state index in [9.17, 15) is 19.3 Å². The highest BCUT2D eigenvalue weighted by molar-refractivity contribution is 9.10. The molecule has 0 aliphatic rings. The van der Waals surface area contributed by atoms with E-state index in [0.29, 0.717) is 4.47 Å². The molecule has 0 saturated carbocycles. The average molecular weight is 357 g/mol. The third kappa shape index (κ3) is 3.31. The van der Waals surface area contributed by atoms with E-state index in [1.54, 1.807) is 0 Å². The highest BCUT2D eigenvalue weighted by Gasteiger charge is 2.21. The maximum absolute atomic E-state index is 13.6. The van der Waals surface area contributed by atoms with Crippen molar-refractivity contribution in [2.24, 2.45) is 0 Å². The van der Waals surface area contributed by atoms with Crippen LogP contribution in [0.1, 0.15) is 10.4 Å². The first-order valence-corrected chi connectivity index (χ1v) is 6.18. The van der Waals surface area contributed by atoms with Crippen molar-refractivity contribution in [3.63, 3.8) is 0 Å². The third-order valence-electron chi connectivity index (χ3n) is 2.38. The molecular weight excluding hydrogens is 351 g/mol. The van der Waals surface area contributed by atoms with Crippen molar-refractivity contribution in [2.75, 3.05) is 0 Å². The number of carboxylic acid groups (broad SMARTS) is 1. The summed E-state index contributed by atoms with van der Waals surface area (Å²) in [6, 6.07) is 4.18. The fraction of sp³-hybridized carbons (Fsp3) is 0. The highest BCUT2D eigenvalue weighted by atomic mass is 79.9. The van der Waals surface area contributed by atoms with Crippen LogP contribution < -0.4 is 4.74 Å². The Bertz CT molecular complexity index is 738. The minimum absolute atomic E-state index is 0.0771. The number of nitrogens with zero attached hydrogens (tertiary/aromatic N) is 2. The van der Waals surface area contributed by atoms with Crippen LogP contribution in [-0.2, 0) is 0 Å². The van der Waals surface area contributed by atoms with Gasteiger partial charge in [-0.1, -0.05) is 0 Å². The van der Waals surface area contributed by atoms with E-state index in [0.717, 1.165) is 24.3 Å². The Morgan fingerprint density at radius 3 is 2.71 bits per heavy atom. The van der Waals surface area contributed by atoms with Crippen molar-refractivity contribution in [1.82, 2.24) is 4.98 Å². The number of benzene rings is 1. The van der Waals surface area contributed by atoms with Crippen LogP contribution in [0.15, 0.2) is 34.9 Å². The summed E-state index contributed by atoms with van der Waals surface area (Å²) in [4.78, 5) is 24.5. The van der Waals surface area contributed by atoms with Crippen LogP contribution in [0.3, 0.4) is 0 Å². The Hall–Kier alpha value is -2.55. The normalized spacial score (nSPS) is 10.2. The Kier molecular flexibility index (Phi) is 4.13. The van der Waals surface area contributed by atoms with Crippen molar-refractivity contribution in [1.29, 1.82) is 0 Å². The number of carboxylic acids is 1. The molecule has 1 aromatic carbocycles. The van der Waals surface area contributed by atoms with Crippen LogP contribution in [0.2, 0.25) is 0 Å². The highest BCUT2D eigenvalue weighted by Crippen LogP contribution is 2.28. The SMILES string of the molecule is O=C(O)c1cc(Oc2ncc(Br)cc2F)ccc1[N+](=O)[O-]. The summed E-state index contributed by atoms with van der Waals surface area (Å²) >= 11 is 3.03. The quantitative estimate of drug-likeness (QED) is 0.665. The lowest BCUT2D eigenvalue weighted by Crippen LogP contribution is -2.03. The summed E-state index contributed by atoms with van der Waals surface area (Å²) in [7, 11) is 0. The molecule has 0 aliphatic heterocycles. The van der Waals surface area contributed by atoms with Gasteiger partial charge in [0.1, 0.15) is 11.3 Å². The minimum atomic E-state index is -1.49. The first-order valence-electron chi connectivity index (χ1n) is 5.39. The van der Waals surface area contributed by atoms with Crippen LogP contribution in [0.25, 0.3) is 0 Å². The van der Waals surface area contributed by atoms with Crippen LogP contribution in [0, 0.1) is 15.9 Å². The summed E-state index contributed by atoms with van der Waals surface area (Å²) in [6.07, 6.45) is 1.29. The third-order valence-corrected chi connectivity index (χ3v) is 2.82. The first-order chi connectivity index (χ1) is 9.88. The molecule has 7 nitrogen and oxygen atoms in total. The predicted molar refractivity (Wildman–Crippen MR) is 72.0 cm³/mol. The van der Waals surface area contributed by atoms with Crippen molar-refractivity contribution in [2.45, 2.75) is 0 Å². The second kappa shape index (κ2) is 5.83. The molecular formula is C12H6BrFN2O5. The zero-order valence-electron chi connectivity index (χ0n) is 10.1. The maximum atomic E-state index is 13.6. The van der Waals surface area contributed by atoms with Crippen molar-refractivity contribution < 1.29 is 24.0 Å². The van der Waals surface area contributed by atoms with E-state index >= 15 is 0 Å². The van der Waals surface area contributed by atoms with E-state index in [1.165, 1.54) is 6.20 Å². The zero-order chi connectivity index (χ0) is 15.6. The number of carbonyl (C=O) groups is 1. The molecule has 0 radical (unpaired) electrons. The molecule has 21 heavy (non-hydrogen) atoms. The Labute approximate surface area is 125 Å². The number of aromatic carboxylic acids is 1. The number of nitro groups is 1. The van der Waals surface area contributed by atoms with Crippen LogP contribution in [0.5, 0.6) is 11.6 Å². The molecule has 108 valence electrons. The van der Waals surface area contributed by atoms with E-state index in [-0.39, 0.29) is 11.6 Å².